The van der Waals surface area contributed by atoms with Crippen LogP contribution in [0.4, 0.5) is 0 Å². The molecule has 0 aliphatic heterocycles. The number of furan rings is 1. The van der Waals surface area contributed by atoms with Gasteiger partial charge in [0.05, 0.1) is 6.54 Å². The summed E-state index contributed by atoms with van der Waals surface area (Å²) in [7, 11) is 0. The largest absolute Gasteiger partial charge is 0.459 e. The summed E-state index contributed by atoms with van der Waals surface area (Å²) in [5.74, 6) is 1.07. The summed E-state index contributed by atoms with van der Waals surface area (Å²) in [5, 5.41) is 4.57. The third-order valence-electron chi connectivity index (χ3n) is 3.02. The predicted molar refractivity (Wildman–Crippen MR) is 75.4 cm³/mol. The van der Waals surface area contributed by atoms with Gasteiger partial charge in [0.15, 0.2) is 0 Å². The van der Waals surface area contributed by atoms with Gasteiger partial charge in [-0.1, -0.05) is 29.8 Å². The Hall–Kier alpha value is -0.800. The summed E-state index contributed by atoms with van der Waals surface area (Å²) < 4.78 is 7.11. The second kappa shape index (κ2) is 5.23. The molecule has 2 nitrogen and oxygen atoms in total. The molecule has 0 saturated carbocycles. The van der Waals surface area contributed by atoms with E-state index in [1.165, 1.54) is 16.5 Å². The smallest absolute Gasteiger partial charge is 0.137 e. The summed E-state index contributed by atoms with van der Waals surface area (Å²) >= 11 is 3.55. The van der Waals surface area contributed by atoms with Crippen molar-refractivity contribution in [3.8, 4) is 0 Å². The lowest BCUT2D eigenvalue weighted by Gasteiger charge is -2.00. The lowest BCUT2D eigenvalue weighted by Crippen LogP contribution is -2.12. The van der Waals surface area contributed by atoms with Crippen LogP contribution in [0.5, 0.6) is 0 Å². The highest BCUT2D eigenvalue weighted by molar-refractivity contribution is 9.10. The van der Waals surface area contributed by atoms with E-state index in [9.17, 15) is 0 Å². The SMILES string of the molecule is CCNCc1oc2c(C)cc(Br)cc2c1CC. The Morgan fingerprint density at radius 2 is 2.06 bits per heavy atom. The summed E-state index contributed by atoms with van der Waals surface area (Å²) in [4.78, 5) is 0. The maximum Gasteiger partial charge on any atom is 0.137 e. The molecule has 1 heterocycles. The number of benzene rings is 1. The normalized spacial score (nSPS) is 11.3. The molecule has 0 bridgehead atoms. The third kappa shape index (κ3) is 2.40. The lowest BCUT2D eigenvalue weighted by molar-refractivity contribution is 0.513. The molecule has 0 fully saturated rings. The highest BCUT2D eigenvalue weighted by atomic mass is 79.9. The fourth-order valence-corrected chi connectivity index (χ4v) is 2.77. The predicted octanol–water partition coefficient (Wildman–Crippen LogP) is 4.18. The summed E-state index contributed by atoms with van der Waals surface area (Å²) in [6.07, 6.45) is 1.00. The van der Waals surface area contributed by atoms with Gasteiger partial charge >= 0.3 is 0 Å². The molecule has 0 amide bonds. The third-order valence-corrected chi connectivity index (χ3v) is 3.47. The van der Waals surface area contributed by atoms with Crippen LogP contribution < -0.4 is 5.32 Å². The van der Waals surface area contributed by atoms with Gasteiger partial charge in [-0.3, -0.25) is 0 Å². The van der Waals surface area contributed by atoms with E-state index in [2.05, 4.69) is 54.2 Å². The molecular weight excluding hydrogens is 278 g/mol. The second-order valence-electron chi connectivity index (χ2n) is 4.24. The van der Waals surface area contributed by atoms with E-state index in [0.717, 1.165) is 35.3 Å². The molecule has 0 radical (unpaired) electrons. The molecule has 1 N–H and O–H groups in total. The number of aryl methyl sites for hydroxylation is 2. The van der Waals surface area contributed by atoms with Gasteiger partial charge < -0.3 is 9.73 Å². The van der Waals surface area contributed by atoms with E-state index < -0.39 is 0 Å². The Bertz CT molecular complexity index is 530. The molecule has 1 aromatic heterocycles. The number of halogens is 1. The Kier molecular flexibility index (Phi) is 3.89. The zero-order valence-corrected chi connectivity index (χ0v) is 12.1. The molecule has 3 heteroatoms. The van der Waals surface area contributed by atoms with Crippen molar-refractivity contribution in [3.63, 3.8) is 0 Å². The van der Waals surface area contributed by atoms with Gasteiger partial charge in [0.1, 0.15) is 11.3 Å². The van der Waals surface area contributed by atoms with Crippen molar-refractivity contribution in [2.24, 2.45) is 0 Å². The minimum absolute atomic E-state index is 0.811. The molecule has 92 valence electrons. The lowest BCUT2D eigenvalue weighted by atomic mass is 10.1. The highest BCUT2D eigenvalue weighted by Crippen LogP contribution is 2.31. The molecule has 0 atom stereocenters. The molecular formula is C14H18BrNO. The molecule has 2 aromatic rings. The molecule has 0 spiro atoms. The first-order valence-corrected chi connectivity index (χ1v) is 6.87. The first-order valence-electron chi connectivity index (χ1n) is 6.08. The number of rotatable bonds is 4. The van der Waals surface area contributed by atoms with E-state index in [0.29, 0.717) is 0 Å². The Morgan fingerprint density at radius 3 is 2.71 bits per heavy atom. The van der Waals surface area contributed by atoms with E-state index >= 15 is 0 Å². The van der Waals surface area contributed by atoms with Crippen molar-refractivity contribution in [2.75, 3.05) is 6.54 Å². The highest BCUT2D eigenvalue weighted by Gasteiger charge is 2.14. The quantitative estimate of drug-likeness (QED) is 0.915. The number of nitrogens with one attached hydrogen (secondary N) is 1. The van der Waals surface area contributed by atoms with Crippen molar-refractivity contribution in [1.29, 1.82) is 0 Å². The van der Waals surface area contributed by atoms with Crippen LogP contribution in [0, 0.1) is 6.92 Å². The van der Waals surface area contributed by atoms with Crippen molar-refractivity contribution >= 4 is 26.9 Å². The Morgan fingerprint density at radius 1 is 1.29 bits per heavy atom. The van der Waals surface area contributed by atoms with Gasteiger partial charge in [0.2, 0.25) is 0 Å². The summed E-state index contributed by atoms with van der Waals surface area (Å²) in [6, 6.07) is 4.25. The van der Waals surface area contributed by atoms with Gasteiger partial charge in [-0.15, -0.1) is 0 Å². The molecule has 0 aliphatic carbocycles. The maximum absolute atomic E-state index is 5.99. The van der Waals surface area contributed by atoms with Crippen LogP contribution in [0.1, 0.15) is 30.7 Å². The molecule has 1 aromatic carbocycles. The van der Waals surface area contributed by atoms with Crippen LogP contribution in [0.2, 0.25) is 0 Å². The van der Waals surface area contributed by atoms with Gasteiger partial charge in [-0.05, 0) is 37.6 Å². The van der Waals surface area contributed by atoms with Gasteiger partial charge in [-0.25, -0.2) is 0 Å². The molecule has 0 saturated heterocycles. The maximum atomic E-state index is 5.99. The van der Waals surface area contributed by atoms with Gasteiger partial charge in [0, 0.05) is 15.4 Å². The first kappa shape index (κ1) is 12.7. The Labute approximate surface area is 111 Å². The van der Waals surface area contributed by atoms with E-state index in [4.69, 9.17) is 4.42 Å². The van der Waals surface area contributed by atoms with E-state index in [1.807, 2.05) is 0 Å². The monoisotopic (exact) mass is 295 g/mol. The van der Waals surface area contributed by atoms with Crippen molar-refractivity contribution in [3.05, 3.63) is 33.5 Å². The zero-order chi connectivity index (χ0) is 12.4. The summed E-state index contributed by atoms with van der Waals surface area (Å²) in [6.45, 7) is 8.15. The zero-order valence-electron chi connectivity index (χ0n) is 10.6. The Balaban J connectivity index is 2.58. The van der Waals surface area contributed by atoms with E-state index in [1.54, 1.807) is 0 Å². The average molecular weight is 296 g/mol. The molecule has 2 rings (SSSR count). The van der Waals surface area contributed by atoms with Crippen molar-refractivity contribution in [1.82, 2.24) is 5.32 Å². The second-order valence-corrected chi connectivity index (χ2v) is 5.15. The van der Waals surface area contributed by atoms with Gasteiger partial charge in [0.25, 0.3) is 0 Å². The van der Waals surface area contributed by atoms with Crippen LogP contribution in [0.3, 0.4) is 0 Å². The number of hydrogen-bond acceptors (Lipinski definition) is 2. The average Bonchev–Trinajstić information content (AvgIpc) is 2.64. The minimum Gasteiger partial charge on any atom is -0.459 e. The first-order chi connectivity index (χ1) is 8.17. The molecule has 0 aliphatic rings. The number of fused-ring (bicyclic) bond motifs is 1. The minimum atomic E-state index is 0.811. The van der Waals surface area contributed by atoms with E-state index in [-0.39, 0.29) is 0 Å². The van der Waals surface area contributed by atoms with Crippen LogP contribution in [-0.2, 0) is 13.0 Å². The summed E-state index contributed by atoms with van der Waals surface area (Å²) in [5.41, 5.74) is 3.54. The standard InChI is InChI=1S/C14H18BrNO/c1-4-11-12-7-10(15)6-9(3)14(12)17-13(11)8-16-5-2/h6-7,16H,4-5,8H2,1-3H3. The van der Waals surface area contributed by atoms with Crippen LogP contribution >= 0.6 is 15.9 Å². The fourth-order valence-electron chi connectivity index (χ4n) is 2.19. The number of hydrogen-bond donors (Lipinski definition) is 1. The van der Waals surface area contributed by atoms with Crippen molar-refractivity contribution in [2.45, 2.75) is 33.7 Å². The van der Waals surface area contributed by atoms with Gasteiger partial charge in [-0.2, -0.15) is 0 Å². The molecule has 0 unspecified atom stereocenters. The van der Waals surface area contributed by atoms with Crippen LogP contribution in [0.25, 0.3) is 11.0 Å². The van der Waals surface area contributed by atoms with Crippen molar-refractivity contribution < 1.29 is 4.42 Å². The van der Waals surface area contributed by atoms with Crippen LogP contribution in [0.15, 0.2) is 21.0 Å². The molecule has 17 heavy (non-hydrogen) atoms. The van der Waals surface area contributed by atoms with Crippen LogP contribution in [-0.4, -0.2) is 6.54 Å². The fraction of sp³-hybridized carbons (Fsp3) is 0.429. The topological polar surface area (TPSA) is 25.2 Å².